The van der Waals surface area contributed by atoms with Crippen LogP contribution in [0.1, 0.15) is 0 Å². The Morgan fingerprint density at radius 3 is 2.47 bits per heavy atom. The summed E-state index contributed by atoms with van der Waals surface area (Å²) in [6, 6.07) is 1.49. The molecule has 0 amide bonds. The van der Waals surface area contributed by atoms with Crippen LogP contribution in [-0.4, -0.2) is 14.3 Å². The van der Waals surface area contributed by atoms with Gasteiger partial charge in [-0.3, -0.25) is 0 Å². The molecule has 0 fully saturated rings. The first-order valence-corrected chi connectivity index (χ1v) is 5.59. The van der Waals surface area contributed by atoms with Crippen LogP contribution in [0.15, 0.2) is 6.07 Å². The molecule has 2 rings (SSSR count). The van der Waals surface area contributed by atoms with Crippen LogP contribution >= 0.6 is 46.3 Å². The summed E-state index contributed by atoms with van der Waals surface area (Å²) in [6.45, 7) is 0. The standard InChI is InChI=1S/C7H3Cl3N4S/c8-2-1-3(9)5(10)12-4(2)6-13-7(11)15-14-6/h1H,(H2,11,13,14). The summed E-state index contributed by atoms with van der Waals surface area (Å²) in [5.74, 6) is 0.348. The van der Waals surface area contributed by atoms with Gasteiger partial charge in [-0.2, -0.15) is 9.36 Å². The zero-order chi connectivity index (χ0) is 11.0. The van der Waals surface area contributed by atoms with Gasteiger partial charge in [0.2, 0.25) is 0 Å². The van der Waals surface area contributed by atoms with Crippen molar-refractivity contribution < 1.29 is 0 Å². The first kappa shape index (κ1) is 10.9. The van der Waals surface area contributed by atoms with E-state index in [-0.39, 0.29) is 10.2 Å². The molecule has 0 bridgehead atoms. The van der Waals surface area contributed by atoms with E-state index < -0.39 is 0 Å². The molecule has 8 heteroatoms. The number of anilines is 1. The Morgan fingerprint density at radius 2 is 1.87 bits per heavy atom. The summed E-state index contributed by atoms with van der Waals surface area (Å²) < 4.78 is 3.97. The van der Waals surface area contributed by atoms with Gasteiger partial charge in [0, 0.05) is 11.5 Å². The SMILES string of the molecule is Nc1nc(-c2nc(Cl)c(Cl)cc2Cl)ns1. The summed E-state index contributed by atoms with van der Waals surface area (Å²) in [7, 11) is 0. The van der Waals surface area contributed by atoms with Crippen molar-refractivity contribution in [2.75, 3.05) is 5.73 Å². The van der Waals surface area contributed by atoms with E-state index >= 15 is 0 Å². The molecule has 0 saturated carbocycles. The first-order chi connectivity index (χ1) is 7.08. The molecule has 0 aliphatic rings. The molecule has 0 aliphatic carbocycles. The van der Waals surface area contributed by atoms with E-state index in [0.29, 0.717) is 21.7 Å². The summed E-state index contributed by atoms with van der Waals surface area (Å²) in [5.41, 5.74) is 5.82. The zero-order valence-corrected chi connectivity index (χ0v) is 10.1. The van der Waals surface area contributed by atoms with Crippen LogP contribution in [0.2, 0.25) is 15.2 Å². The topological polar surface area (TPSA) is 64.7 Å². The second-order valence-electron chi connectivity index (χ2n) is 2.55. The van der Waals surface area contributed by atoms with E-state index in [4.69, 9.17) is 40.5 Å². The van der Waals surface area contributed by atoms with Gasteiger partial charge in [0.1, 0.15) is 10.8 Å². The zero-order valence-electron chi connectivity index (χ0n) is 7.04. The average Bonchev–Trinajstić information content (AvgIpc) is 2.58. The van der Waals surface area contributed by atoms with Crippen LogP contribution < -0.4 is 5.73 Å². The lowest BCUT2D eigenvalue weighted by molar-refractivity contribution is 1.24. The number of hydrogen-bond acceptors (Lipinski definition) is 5. The van der Waals surface area contributed by atoms with E-state index in [1.54, 1.807) is 0 Å². The fourth-order valence-electron chi connectivity index (χ4n) is 0.932. The normalized spacial score (nSPS) is 10.6. The minimum absolute atomic E-state index is 0.157. The molecule has 0 spiro atoms. The third kappa shape index (κ3) is 2.15. The lowest BCUT2D eigenvalue weighted by Crippen LogP contribution is -1.90. The van der Waals surface area contributed by atoms with Crippen molar-refractivity contribution in [2.24, 2.45) is 0 Å². The van der Waals surface area contributed by atoms with Gasteiger partial charge in [0.15, 0.2) is 11.0 Å². The molecule has 2 N–H and O–H groups in total. The molecule has 0 saturated heterocycles. The fourth-order valence-corrected chi connectivity index (χ4v) is 1.95. The van der Waals surface area contributed by atoms with Gasteiger partial charge >= 0.3 is 0 Å². The van der Waals surface area contributed by atoms with Crippen molar-refractivity contribution in [2.45, 2.75) is 0 Å². The van der Waals surface area contributed by atoms with E-state index in [9.17, 15) is 0 Å². The Morgan fingerprint density at radius 1 is 1.13 bits per heavy atom. The number of nitrogens with zero attached hydrogens (tertiary/aromatic N) is 3. The smallest absolute Gasteiger partial charge is 0.200 e. The highest BCUT2D eigenvalue weighted by Gasteiger charge is 2.13. The molecular weight excluding hydrogens is 279 g/mol. The predicted molar refractivity (Wildman–Crippen MR) is 62.6 cm³/mol. The average molecular weight is 282 g/mol. The number of rotatable bonds is 1. The van der Waals surface area contributed by atoms with E-state index in [2.05, 4.69) is 14.3 Å². The van der Waals surface area contributed by atoms with Crippen molar-refractivity contribution in [3.63, 3.8) is 0 Å². The third-order valence-corrected chi connectivity index (χ3v) is 3.04. The van der Waals surface area contributed by atoms with E-state index in [0.717, 1.165) is 11.5 Å². The maximum Gasteiger partial charge on any atom is 0.200 e. The lowest BCUT2D eigenvalue weighted by atomic mass is 10.3. The number of hydrogen-bond donors (Lipinski definition) is 1. The maximum atomic E-state index is 5.92. The molecule has 0 radical (unpaired) electrons. The largest absolute Gasteiger partial charge is 0.374 e. The van der Waals surface area contributed by atoms with Crippen molar-refractivity contribution >= 4 is 51.5 Å². The van der Waals surface area contributed by atoms with E-state index in [1.807, 2.05) is 0 Å². The quantitative estimate of drug-likeness (QED) is 0.816. The highest BCUT2D eigenvalue weighted by molar-refractivity contribution is 7.09. The summed E-state index contributed by atoms with van der Waals surface area (Å²) >= 11 is 18.5. The van der Waals surface area contributed by atoms with Gasteiger partial charge in [0.25, 0.3) is 0 Å². The molecule has 4 nitrogen and oxygen atoms in total. The molecule has 15 heavy (non-hydrogen) atoms. The number of nitrogens with two attached hydrogens (primary N) is 1. The number of pyridine rings is 1. The monoisotopic (exact) mass is 280 g/mol. The fraction of sp³-hybridized carbons (Fsp3) is 0. The highest BCUT2D eigenvalue weighted by Crippen LogP contribution is 2.31. The third-order valence-electron chi connectivity index (χ3n) is 1.54. The second-order valence-corrected chi connectivity index (χ2v) is 4.50. The Balaban J connectivity index is 2.58. The van der Waals surface area contributed by atoms with Gasteiger partial charge < -0.3 is 5.73 Å². The van der Waals surface area contributed by atoms with Gasteiger partial charge in [-0.05, 0) is 6.07 Å². The van der Waals surface area contributed by atoms with Crippen molar-refractivity contribution in [3.8, 4) is 11.5 Å². The first-order valence-electron chi connectivity index (χ1n) is 3.69. The van der Waals surface area contributed by atoms with Crippen molar-refractivity contribution in [1.82, 2.24) is 14.3 Å². The number of aromatic nitrogens is 3. The molecule has 78 valence electrons. The minimum Gasteiger partial charge on any atom is -0.374 e. The second kappa shape index (κ2) is 4.09. The Bertz CT molecular complexity index is 513. The van der Waals surface area contributed by atoms with Crippen LogP contribution in [0, 0.1) is 0 Å². The molecule has 0 atom stereocenters. The Kier molecular flexibility index (Phi) is 2.97. The van der Waals surface area contributed by atoms with Crippen molar-refractivity contribution in [1.29, 1.82) is 0 Å². The van der Waals surface area contributed by atoms with Crippen LogP contribution in [0.4, 0.5) is 5.13 Å². The molecule has 0 unspecified atom stereocenters. The Labute approximate surface area is 104 Å². The summed E-state index contributed by atoms with van der Waals surface area (Å²) in [5, 5.41) is 1.12. The number of nitrogen functional groups attached to an aromatic ring is 1. The Hall–Kier alpha value is -0.620. The molecule has 0 aliphatic heterocycles. The van der Waals surface area contributed by atoms with Crippen LogP contribution in [-0.2, 0) is 0 Å². The molecule has 0 aromatic carbocycles. The van der Waals surface area contributed by atoms with Crippen LogP contribution in [0.5, 0.6) is 0 Å². The lowest BCUT2D eigenvalue weighted by Gasteiger charge is -2.00. The predicted octanol–water partition coefficient (Wildman–Crippen LogP) is 3.14. The summed E-state index contributed by atoms with van der Waals surface area (Å²) in [6.07, 6.45) is 0. The van der Waals surface area contributed by atoms with Crippen LogP contribution in [0.25, 0.3) is 11.5 Å². The maximum absolute atomic E-state index is 5.92. The van der Waals surface area contributed by atoms with Crippen molar-refractivity contribution in [3.05, 3.63) is 21.3 Å². The number of halogens is 3. The molecular formula is C7H3Cl3N4S. The van der Waals surface area contributed by atoms with E-state index in [1.165, 1.54) is 6.07 Å². The van der Waals surface area contributed by atoms with Crippen LogP contribution in [0.3, 0.4) is 0 Å². The van der Waals surface area contributed by atoms with Gasteiger partial charge in [-0.15, -0.1) is 0 Å². The molecule has 2 aromatic rings. The highest BCUT2D eigenvalue weighted by atomic mass is 35.5. The molecule has 2 aromatic heterocycles. The van der Waals surface area contributed by atoms with Gasteiger partial charge in [-0.25, -0.2) is 4.98 Å². The van der Waals surface area contributed by atoms with Gasteiger partial charge in [0.05, 0.1) is 10.0 Å². The minimum atomic E-state index is 0.157. The van der Waals surface area contributed by atoms with Gasteiger partial charge in [-0.1, -0.05) is 34.8 Å². The molecule has 2 heterocycles. The summed E-state index contributed by atoms with van der Waals surface area (Å²) in [4.78, 5) is 7.93.